The maximum atomic E-state index is 13.1. The van der Waals surface area contributed by atoms with Gasteiger partial charge in [0.2, 0.25) is 11.9 Å². The molecule has 3 rings (SSSR count). The minimum absolute atomic E-state index is 0.0309. The van der Waals surface area contributed by atoms with Crippen LogP contribution < -0.4 is 5.32 Å². The highest BCUT2D eigenvalue weighted by molar-refractivity contribution is 5.92. The third-order valence-corrected chi connectivity index (χ3v) is 5.35. The second-order valence-corrected chi connectivity index (χ2v) is 7.77. The summed E-state index contributed by atoms with van der Waals surface area (Å²) in [5, 5.41) is 9.65. The van der Waals surface area contributed by atoms with Gasteiger partial charge >= 0.3 is 0 Å². The summed E-state index contributed by atoms with van der Waals surface area (Å²) < 4.78 is 23.8. The van der Waals surface area contributed by atoms with Crippen LogP contribution in [0.5, 0.6) is 0 Å². The molecule has 0 aliphatic heterocycles. The van der Waals surface area contributed by atoms with E-state index in [-0.39, 0.29) is 17.5 Å². The summed E-state index contributed by atoms with van der Waals surface area (Å²) in [5.74, 6) is -1.15. The molecule has 3 aromatic rings. The zero-order chi connectivity index (χ0) is 23.8. The van der Waals surface area contributed by atoms with Gasteiger partial charge in [-0.3, -0.25) is 19.6 Å². The Morgan fingerprint density at radius 2 is 2.06 bits per heavy atom. The van der Waals surface area contributed by atoms with E-state index >= 15 is 0 Å². The molecule has 0 radical (unpaired) electrons. The molecule has 0 fully saturated rings. The van der Waals surface area contributed by atoms with Gasteiger partial charge in [-0.2, -0.15) is 9.49 Å². The van der Waals surface area contributed by atoms with E-state index in [2.05, 4.69) is 15.5 Å². The van der Waals surface area contributed by atoms with E-state index in [9.17, 15) is 14.0 Å². The molecular weight excluding hydrogens is 429 g/mol. The third kappa shape index (κ3) is 6.39. The van der Waals surface area contributed by atoms with Crippen molar-refractivity contribution in [3.8, 4) is 0 Å². The highest BCUT2D eigenvalue weighted by Crippen LogP contribution is 2.25. The normalized spacial score (nSPS) is 12.3. The molecule has 0 aliphatic carbocycles. The molecule has 0 saturated heterocycles. The van der Waals surface area contributed by atoms with Crippen LogP contribution in [0.1, 0.15) is 35.4 Å². The molecule has 0 spiro atoms. The van der Waals surface area contributed by atoms with Crippen LogP contribution >= 0.6 is 0 Å². The number of H-pyrrole nitrogens is 1. The summed E-state index contributed by atoms with van der Waals surface area (Å²) in [7, 11) is 3.51. The molecule has 10 heteroatoms. The summed E-state index contributed by atoms with van der Waals surface area (Å²) in [4.78, 5) is 28.9. The molecular formula is C23H30FN5O4. The number of rotatable bonds is 12. The Morgan fingerprint density at radius 1 is 1.24 bits per heavy atom. The number of nitrogens with zero attached hydrogens (tertiary/aromatic N) is 3. The van der Waals surface area contributed by atoms with E-state index in [0.29, 0.717) is 39.3 Å². The van der Waals surface area contributed by atoms with Crippen LogP contribution in [-0.2, 0) is 9.53 Å². The standard InChI is InChI=1S/C23H30FN5O4/c1-4-32-13-9-25-22(30)21(17-6-7-19-16(14-17)8-12-33-19)28(2)10-5-11-29(3)23(31)18-15-20(24)27-26-18/h6-8,12,14-15,21H,4-5,9-11,13H2,1-3H3,(H,25,30)(H,26,27). The summed E-state index contributed by atoms with van der Waals surface area (Å²) in [6.45, 7) is 4.34. The molecule has 0 saturated carbocycles. The Labute approximate surface area is 191 Å². The van der Waals surface area contributed by atoms with Gasteiger partial charge in [-0.25, -0.2) is 0 Å². The van der Waals surface area contributed by atoms with Gasteiger partial charge in [0.1, 0.15) is 11.6 Å². The first-order valence-corrected chi connectivity index (χ1v) is 10.9. The fourth-order valence-electron chi connectivity index (χ4n) is 3.64. The van der Waals surface area contributed by atoms with Gasteiger partial charge in [0.25, 0.3) is 5.91 Å². The fourth-order valence-corrected chi connectivity index (χ4v) is 3.64. The fraction of sp³-hybridized carbons (Fsp3) is 0.435. The average molecular weight is 460 g/mol. The van der Waals surface area contributed by atoms with E-state index in [1.807, 2.05) is 43.1 Å². The van der Waals surface area contributed by atoms with E-state index in [1.165, 1.54) is 4.90 Å². The highest BCUT2D eigenvalue weighted by Gasteiger charge is 2.25. The number of benzene rings is 1. The molecule has 1 aromatic carbocycles. The second-order valence-electron chi connectivity index (χ2n) is 7.77. The van der Waals surface area contributed by atoms with Crippen LogP contribution in [0.25, 0.3) is 11.0 Å². The summed E-state index contributed by atoms with van der Waals surface area (Å²) in [6.07, 6.45) is 2.23. The predicted octanol–water partition coefficient (Wildman–Crippen LogP) is 2.58. The van der Waals surface area contributed by atoms with E-state index in [0.717, 1.165) is 22.6 Å². The first-order chi connectivity index (χ1) is 15.9. The molecule has 178 valence electrons. The third-order valence-electron chi connectivity index (χ3n) is 5.35. The molecule has 33 heavy (non-hydrogen) atoms. The minimum atomic E-state index is -0.653. The van der Waals surface area contributed by atoms with Crippen LogP contribution in [0.2, 0.25) is 0 Å². The lowest BCUT2D eigenvalue weighted by molar-refractivity contribution is -0.126. The SMILES string of the molecule is CCOCCNC(=O)C(c1ccc2occc2c1)N(C)CCCN(C)C(=O)c1cc(F)[nH]n1. The van der Waals surface area contributed by atoms with Crippen LogP contribution in [0, 0.1) is 5.95 Å². The monoisotopic (exact) mass is 459 g/mol. The van der Waals surface area contributed by atoms with Crippen LogP contribution in [-0.4, -0.2) is 78.8 Å². The van der Waals surface area contributed by atoms with Crippen molar-refractivity contribution < 1.29 is 23.1 Å². The van der Waals surface area contributed by atoms with Crippen molar-refractivity contribution in [1.82, 2.24) is 25.3 Å². The first kappa shape index (κ1) is 24.4. The lowest BCUT2D eigenvalue weighted by Crippen LogP contribution is -2.41. The topological polar surface area (TPSA) is 104 Å². The number of ether oxygens (including phenoxy) is 1. The number of carbonyl (C=O) groups is 2. The number of hydrogen-bond acceptors (Lipinski definition) is 6. The predicted molar refractivity (Wildman–Crippen MR) is 121 cm³/mol. The van der Waals surface area contributed by atoms with Gasteiger partial charge in [-0.1, -0.05) is 6.07 Å². The van der Waals surface area contributed by atoms with Crippen molar-refractivity contribution >= 4 is 22.8 Å². The molecule has 2 aromatic heterocycles. The van der Waals surface area contributed by atoms with Gasteiger partial charge < -0.3 is 19.4 Å². The number of halogens is 1. The Hall–Kier alpha value is -3.24. The van der Waals surface area contributed by atoms with Crippen LogP contribution in [0.4, 0.5) is 4.39 Å². The van der Waals surface area contributed by atoms with E-state index in [4.69, 9.17) is 9.15 Å². The summed E-state index contributed by atoms with van der Waals surface area (Å²) >= 11 is 0. The van der Waals surface area contributed by atoms with Crippen molar-refractivity contribution in [2.24, 2.45) is 0 Å². The van der Waals surface area contributed by atoms with Gasteiger partial charge in [-0.15, -0.1) is 0 Å². The van der Waals surface area contributed by atoms with Crippen molar-refractivity contribution in [2.75, 3.05) is 46.9 Å². The molecule has 2 N–H and O–H groups in total. The number of carbonyl (C=O) groups excluding carboxylic acids is 2. The zero-order valence-electron chi connectivity index (χ0n) is 19.1. The van der Waals surface area contributed by atoms with E-state index < -0.39 is 12.0 Å². The number of hydrogen-bond donors (Lipinski definition) is 2. The van der Waals surface area contributed by atoms with Gasteiger partial charge in [0.15, 0.2) is 5.69 Å². The second kappa shape index (κ2) is 11.6. The first-order valence-electron chi connectivity index (χ1n) is 10.9. The Bertz CT molecular complexity index is 1070. The Morgan fingerprint density at radius 3 is 2.79 bits per heavy atom. The number of aromatic amines is 1. The molecule has 9 nitrogen and oxygen atoms in total. The molecule has 2 amide bonds. The summed E-state index contributed by atoms with van der Waals surface area (Å²) in [5.41, 5.74) is 1.63. The number of furan rings is 1. The lowest BCUT2D eigenvalue weighted by Gasteiger charge is -2.28. The van der Waals surface area contributed by atoms with Gasteiger partial charge in [-0.05, 0) is 44.2 Å². The largest absolute Gasteiger partial charge is 0.464 e. The van der Waals surface area contributed by atoms with Crippen molar-refractivity contribution in [2.45, 2.75) is 19.4 Å². The van der Waals surface area contributed by atoms with Crippen LogP contribution in [0.3, 0.4) is 0 Å². The number of fused-ring (bicyclic) bond motifs is 1. The summed E-state index contributed by atoms with van der Waals surface area (Å²) in [6, 6.07) is 8.10. The minimum Gasteiger partial charge on any atom is -0.464 e. The number of aromatic nitrogens is 2. The zero-order valence-corrected chi connectivity index (χ0v) is 19.1. The lowest BCUT2D eigenvalue weighted by atomic mass is 10.0. The van der Waals surface area contributed by atoms with Gasteiger partial charge in [0.05, 0.1) is 12.9 Å². The maximum Gasteiger partial charge on any atom is 0.274 e. The maximum absolute atomic E-state index is 13.1. The number of amides is 2. The quantitative estimate of drug-likeness (QED) is 0.404. The van der Waals surface area contributed by atoms with Crippen LogP contribution in [0.15, 0.2) is 41.0 Å². The number of likely N-dealkylation sites (N-methyl/N-ethyl adjacent to an activating group) is 1. The Balaban J connectivity index is 1.64. The van der Waals surface area contributed by atoms with E-state index in [1.54, 1.807) is 13.3 Å². The van der Waals surface area contributed by atoms with Gasteiger partial charge in [0, 0.05) is 44.7 Å². The van der Waals surface area contributed by atoms with Crippen molar-refractivity contribution in [3.05, 3.63) is 53.8 Å². The molecule has 1 unspecified atom stereocenters. The van der Waals surface area contributed by atoms with Crippen molar-refractivity contribution in [1.29, 1.82) is 0 Å². The molecule has 0 bridgehead atoms. The molecule has 2 heterocycles. The highest BCUT2D eigenvalue weighted by atomic mass is 19.1. The molecule has 1 atom stereocenters. The average Bonchev–Trinajstić information content (AvgIpc) is 3.44. The number of nitrogens with one attached hydrogen (secondary N) is 2. The smallest absolute Gasteiger partial charge is 0.274 e. The van der Waals surface area contributed by atoms with Crippen molar-refractivity contribution in [3.63, 3.8) is 0 Å². The molecule has 0 aliphatic rings. The Kier molecular flexibility index (Phi) is 8.56.